The van der Waals surface area contributed by atoms with Crippen LogP contribution in [0, 0.1) is 6.20 Å². The van der Waals surface area contributed by atoms with E-state index in [9.17, 15) is 0 Å². The molecule has 0 aliphatic rings. The van der Waals surface area contributed by atoms with E-state index in [1.807, 2.05) is 0 Å². The first-order chi connectivity index (χ1) is 3.29. The Kier molecular flexibility index (Phi) is 1.02. The molecule has 0 aliphatic heterocycles. The van der Waals surface area contributed by atoms with Crippen molar-refractivity contribution in [2.45, 2.75) is 0 Å². The zero-order valence-corrected chi connectivity index (χ0v) is 4.61. The number of halogens is 1. The maximum atomic E-state index is 5.42. The molecule has 0 saturated heterocycles. The van der Waals surface area contributed by atoms with Gasteiger partial charge in [-0.2, -0.15) is 5.10 Å². The van der Waals surface area contributed by atoms with Gasteiger partial charge in [-0.3, -0.25) is 4.68 Å². The molecule has 3 heteroatoms. The van der Waals surface area contributed by atoms with Gasteiger partial charge in [-0.05, 0) is 0 Å². The normalized spacial score (nSPS) is 9.43. The standard InChI is InChI=1S/C4H4ClN2/c1-7-3-4(5)2-6-7/h3H,1H3. The number of nitrogens with zero attached hydrogens (tertiary/aromatic N) is 2. The Balaban J connectivity index is 3.04. The van der Waals surface area contributed by atoms with Crippen molar-refractivity contribution in [3.63, 3.8) is 0 Å². The van der Waals surface area contributed by atoms with Crippen LogP contribution in [0.5, 0.6) is 0 Å². The summed E-state index contributed by atoms with van der Waals surface area (Å²) in [4.78, 5) is 0. The molecule has 7 heavy (non-hydrogen) atoms. The molecule has 1 rings (SSSR count). The summed E-state index contributed by atoms with van der Waals surface area (Å²) in [5, 5.41) is 4.23. The average Bonchev–Trinajstić information content (AvgIpc) is 1.87. The Bertz CT molecular complexity index is 142. The van der Waals surface area contributed by atoms with Crippen molar-refractivity contribution in [3.8, 4) is 0 Å². The molecule has 0 fully saturated rings. The smallest absolute Gasteiger partial charge is 0.133 e. The Hall–Kier alpha value is -0.500. The van der Waals surface area contributed by atoms with Crippen molar-refractivity contribution in [2.24, 2.45) is 7.05 Å². The van der Waals surface area contributed by atoms with Crippen LogP contribution in [0.2, 0.25) is 5.02 Å². The largest absolute Gasteiger partial charge is 0.274 e. The predicted molar refractivity (Wildman–Crippen MR) is 27.1 cm³/mol. The molecule has 0 atom stereocenters. The molecule has 1 aromatic rings. The van der Waals surface area contributed by atoms with Gasteiger partial charge < -0.3 is 0 Å². The lowest BCUT2D eigenvalue weighted by Crippen LogP contribution is -1.83. The van der Waals surface area contributed by atoms with Crippen LogP contribution in [-0.2, 0) is 7.05 Å². The molecule has 2 nitrogen and oxygen atoms in total. The Morgan fingerprint density at radius 3 is 2.86 bits per heavy atom. The Morgan fingerprint density at radius 2 is 2.71 bits per heavy atom. The van der Waals surface area contributed by atoms with Gasteiger partial charge in [-0.15, -0.1) is 0 Å². The molecule has 0 aliphatic carbocycles. The van der Waals surface area contributed by atoms with Crippen LogP contribution in [-0.4, -0.2) is 9.78 Å². The molecule has 0 unspecified atom stereocenters. The van der Waals surface area contributed by atoms with E-state index in [4.69, 9.17) is 11.6 Å². The highest BCUT2D eigenvalue weighted by atomic mass is 35.5. The van der Waals surface area contributed by atoms with Crippen molar-refractivity contribution in [3.05, 3.63) is 17.4 Å². The van der Waals surface area contributed by atoms with Gasteiger partial charge in [0.2, 0.25) is 0 Å². The summed E-state index contributed by atoms with van der Waals surface area (Å²) in [5.41, 5.74) is 0. The van der Waals surface area contributed by atoms with Crippen molar-refractivity contribution >= 4 is 11.6 Å². The average molecular weight is 116 g/mol. The number of hydrogen-bond acceptors (Lipinski definition) is 1. The highest BCUT2D eigenvalue weighted by molar-refractivity contribution is 6.30. The van der Waals surface area contributed by atoms with E-state index < -0.39 is 0 Å². The van der Waals surface area contributed by atoms with Crippen molar-refractivity contribution in [1.29, 1.82) is 0 Å². The van der Waals surface area contributed by atoms with Crippen LogP contribution in [0.15, 0.2) is 6.20 Å². The Labute approximate surface area is 46.7 Å². The third kappa shape index (κ3) is 0.933. The SMILES string of the molecule is Cn1cc(Cl)[c]n1. The monoisotopic (exact) mass is 115 g/mol. The summed E-state index contributed by atoms with van der Waals surface area (Å²) in [7, 11) is 1.79. The second-order valence-corrected chi connectivity index (χ2v) is 1.67. The molecule has 1 radical (unpaired) electrons. The molecule has 0 spiro atoms. The van der Waals surface area contributed by atoms with Crippen LogP contribution in [0.3, 0.4) is 0 Å². The maximum absolute atomic E-state index is 5.42. The van der Waals surface area contributed by atoms with Crippen molar-refractivity contribution < 1.29 is 0 Å². The van der Waals surface area contributed by atoms with E-state index in [2.05, 4.69) is 11.3 Å². The molecule has 1 aromatic heterocycles. The minimum atomic E-state index is 0.558. The molecule has 0 saturated carbocycles. The van der Waals surface area contributed by atoms with Gasteiger partial charge in [0, 0.05) is 13.2 Å². The fourth-order valence-electron chi connectivity index (χ4n) is 0.348. The predicted octanol–water partition coefficient (Wildman–Crippen LogP) is 0.874. The van der Waals surface area contributed by atoms with E-state index in [0.29, 0.717) is 5.02 Å². The Morgan fingerprint density at radius 1 is 2.00 bits per heavy atom. The van der Waals surface area contributed by atoms with Gasteiger partial charge in [-0.25, -0.2) is 0 Å². The quantitative estimate of drug-likeness (QED) is 0.491. The summed E-state index contributed by atoms with van der Waals surface area (Å²) in [6, 6.07) is 0. The van der Waals surface area contributed by atoms with E-state index in [-0.39, 0.29) is 0 Å². The van der Waals surface area contributed by atoms with Gasteiger partial charge in [-0.1, -0.05) is 11.6 Å². The number of aryl methyl sites for hydroxylation is 1. The van der Waals surface area contributed by atoms with Gasteiger partial charge >= 0.3 is 0 Å². The lowest BCUT2D eigenvalue weighted by molar-refractivity contribution is 0.765. The fraction of sp³-hybridized carbons (Fsp3) is 0.250. The molecule has 0 N–H and O–H groups in total. The number of rotatable bonds is 0. The third-order valence-corrected chi connectivity index (χ3v) is 0.797. The third-order valence-electron chi connectivity index (χ3n) is 0.615. The van der Waals surface area contributed by atoms with E-state index >= 15 is 0 Å². The van der Waals surface area contributed by atoms with Gasteiger partial charge in [0.15, 0.2) is 0 Å². The highest BCUT2D eigenvalue weighted by Crippen LogP contribution is 2.00. The van der Waals surface area contributed by atoms with Crippen LogP contribution < -0.4 is 0 Å². The second-order valence-electron chi connectivity index (χ2n) is 1.26. The molecular weight excluding hydrogens is 112 g/mol. The molecule has 0 amide bonds. The molecule has 1 heterocycles. The summed E-state index contributed by atoms with van der Waals surface area (Å²) in [6.45, 7) is 0. The first kappa shape index (κ1) is 4.65. The summed E-state index contributed by atoms with van der Waals surface area (Å²) in [6.07, 6.45) is 4.23. The molecule has 0 bridgehead atoms. The highest BCUT2D eigenvalue weighted by Gasteiger charge is 1.85. The second kappa shape index (κ2) is 1.54. The zero-order valence-electron chi connectivity index (χ0n) is 3.85. The van der Waals surface area contributed by atoms with Crippen LogP contribution >= 0.6 is 11.6 Å². The number of aromatic nitrogens is 2. The fourth-order valence-corrected chi connectivity index (χ4v) is 0.527. The lowest BCUT2D eigenvalue weighted by Gasteiger charge is -1.77. The van der Waals surface area contributed by atoms with E-state index in [1.165, 1.54) is 0 Å². The zero-order chi connectivity index (χ0) is 5.28. The lowest BCUT2D eigenvalue weighted by atomic mass is 10.7. The van der Waals surface area contributed by atoms with Gasteiger partial charge in [0.1, 0.15) is 6.20 Å². The summed E-state index contributed by atoms with van der Waals surface area (Å²) >= 11 is 5.42. The molecule has 37 valence electrons. The van der Waals surface area contributed by atoms with Crippen molar-refractivity contribution in [2.75, 3.05) is 0 Å². The van der Waals surface area contributed by atoms with E-state index in [0.717, 1.165) is 0 Å². The molecular formula is C4H4ClN2. The van der Waals surface area contributed by atoms with E-state index in [1.54, 1.807) is 17.9 Å². The van der Waals surface area contributed by atoms with Crippen molar-refractivity contribution in [1.82, 2.24) is 9.78 Å². The summed E-state index contributed by atoms with van der Waals surface area (Å²) < 4.78 is 1.60. The van der Waals surface area contributed by atoms with Crippen LogP contribution in [0.25, 0.3) is 0 Å². The summed E-state index contributed by atoms with van der Waals surface area (Å²) in [5.74, 6) is 0. The first-order valence-corrected chi connectivity index (χ1v) is 2.23. The maximum Gasteiger partial charge on any atom is 0.133 e. The van der Waals surface area contributed by atoms with Gasteiger partial charge in [0.05, 0.1) is 5.02 Å². The topological polar surface area (TPSA) is 17.8 Å². The number of hydrogen-bond donors (Lipinski definition) is 0. The van der Waals surface area contributed by atoms with Crippen LogP contribution in [0.1, 0.15) is 0 Å². The minimum Gasteiger partial charge on any atom is -0.274 e. The van der Waals surface area contributed by atoms with Gasteiger partial charge in [0.25, 0.3) is 0 Å². The first-order valence-electron chi connectivity index (χ1n) is 1.86. The molecule has 0 aromatic carbocycles. The van der Waals surface area contributed by atoms with Crippen LogP contribution in [0.4, 0.5) is 0 Å². The minimum absolute atomic E-state index is 0.558.